The highest BCUT2D eigenvalue weighted by atomic mass is 35.5. The highest BCUT2D eigenvalue weighted by Gasteiger charge is 2.26. The molecule has 0 aliphatic heterocycles. The van der Waals surface area contributed by atoms with Crippen LogP contribution in [0.5, 0.6) is 0 Å². The highest BCUT2D eigenvalue weighted by molar-refractivity contribution is 6.33. The molecule has 0 saturated heterocycles. The van der Waals surface area contributed by atoms with Crippen molar-refractivity contribution >= 4 is 34.8 Å². The molecule has 0 spiro atoms. The Hall–Kier alpha value is -2.29. The lowest BCUT2D eigenvalue weighted by molar-refractivity contribution is -0.394. The lowest BCUT2D eigenvalue weighted by Crippen LogP contribution is -2.27. The number of hydrogen-bond donors (Lipinski definition) is 0. The second kappa shape index (κ2) is 4.67. The van der Waals surface area contributed by atoms with Crippen LogP contribution in [-0.4, -0.2) is 36.1 Å². The maximum atomic E-state index is 12.0. The van der Waals surface area contributed by atoms with E-state index < -0.39 is 22.6 Å². The number of fused-ring (bicyclic) bond motifs is 1. The second-order valence-electron chi connectivity index (χ2n) is 4.84. The fraction of sp³-hybridized carbons (Fsp3) is 0.400. The van der Waals surface area contributed by atoms with Crippen LogP contribution in [0.2, 0.25) is 5.15 Å². The van der Waals surface area contributed by atoms with Gasteiger partial charge < -0.3 is 14.9 Å². The number of nitrogens with zero attached hydrogens (tertiary/aromatic N) is 5. The molecule has 0 bridgehead atoms. The van der Waals surface area contributed by atoms with E-state index in [4.69, 9.17) is 16.3 Å². The molecule has 0 unspecified atom stereocenters. The van der Waals surface area contributed by atoms with Gasteiger partial charge >= 0.3 is 12.0 Å². The van der Waals surface area contributed by atoms with Gasteiger partial charge in [0.15, 0.2) is 5.52 Å². The third-order valence-corrected chi connectivity index (χ3v) is 2.36. The maximum Gasteiger partial charge on any atom is 0.472 e. The monoisotopic (exact) mass is 299 g/mol. The smallest absolute Gasteiger partial charge is 0.443 e. The number of ether oxygens (including phenoxy) is 1. The molecule has 10 heteroatoms. The van der Waals surface area contributed by atoms with Gasteiger partial charge in [0, 0.05) is 0 Å². The van der Waals surface area contributed by atoms with Crippen molar-refractivity contribution in [2.24, 2.45) is 0 Å². The Kier molecular flexibility index (Phi) is 3.30. The van der Waals surface area contributed by atoms with Crippen molar-refractivity contribution in [3.05, 3.63) is 21.6 Å². The molecule has 2 aromatic rings. The van der Waals surface area contributed by atoms with Crippen LogP contribution in [0.4, 0.5) is 10.7 Å². The number of hydrogen-bond acceptors (Lipinski definition) is 7. The molecule has 106 valence electrons. The van der Waals surface area contributed by atoms with Crippen molar-refractivity contribution in [1.82, 2.24) is 19.5 Å². The van der Waals surface area contributed by atoms with E-state index in [2.05, 4.69) is 15.0 Å². The number of aromatic nitrogens is 4. The third kappa shape index (κ3) is 2.67. The van der Waals surface area contributed by atoms with E-state index in [0.29, 0.717) is 0 Å². The molecule has 0 aliphatic carbocycles. The van der Waals surface area contributed by atoms with Crippen LogP contribution in [0.15, 0.2) is 6.33 Å². The van der Waals surface area contributed by atoms with Crippen LogP contribution in [0.3, 0.4) is 0 Å². The summed E-state index contributed by atoms with van der Waals surface area (Å²) in [5.74, 6) is -0.715. The van der Waals surface area contributed by atoms with Gasteiger partial charge in [0.25, 0.3) is 5.65 Å². The Morgan fingerprint density at radius 3 is 2.65 bits per heavy atom. The fourth-order valence-corrected chi connectivity index (χ4v) is 1.59. The van der Waals surface area contributed by atoms with Gasteiger partial charge in [-0.15, -0.1) is 0 Å². The van der Waals surface area contributed by atoms with Crippen LogP contribution in [0.25, 0.3) is 11.2 Å². The minimum absolute atomic E-state index is 0.0778. The first kappa shape index (κ1) is 14.1. The predicted molar refractivity (Wildman–Crippen MR) is 68.6 cm³/mol. The molecule has 0 N–H and O–H groups in total. The Morgan fingerprint density at radius 2 is 2.10 bits per heavy atom. The summed E-state index contributed by atoms with van der Waals surface area (Å²) in [6.07, 6.45) is 0.368. The quantitative estimate of drug-likeness (QED) is 0.450. The Bertz CT molecular complexity index is 705. The number of rotatable bonds is 1. The fourth-order valence-electron chi connectivity index (χ4n) is 1.38. The molecular weight excluding hydrogens is 290 g/mol. The average Bonchev–Trinajstić information content (AvgIpc) is 2.70. The first-order valence-corrected chi connectivity index (χ1v) is 5.85. The summed E-state index contributed by atoms with van der Waals surface area (Å²) >= 11 is 5.77. The van der Waals surface area contributed by atoms with Crippen molar-refractivity contribution in [2.75, 3.05) is 0 Å². The Morgan fingerprint density at radius 1 is 1.45 bits per heavy atom. The average molecular weight is 300 g/mol. The van der Waals surface area contributed by atoms with E-state index in [0.717, 1.165) is 10.9 Å². The SMILES string of the molecule is CC(C)(C)OC(=O)n1cnc2c(Cl)nc([N+](=O)[O-])nc21. The maximum absolute atomic E-state index is 12.0. The number of carbonyl (C=O) groups excluding carboxylic acids is 1. The minimum Gasteiger partial charge on any atom is -0.443 e. The normalized spacial score (nSPS) is 11.6. The van der Waals surface area contributed by atoms with Crippen LogP contribution in [0.1, 0.15) is 20.8 Å². The topological polar surface area (TPSA) is 113 Å². The highest BCUT2D eigenvalue weighted by Crippen LogP contribution is 2.22. The van der Waals surface area contributed by atoms with Crippen LogP contribution >= 0.6 is 11.6 Å². The van der Waals surface area contributed by atoms with Crippen molar-refractivity contribution in [3.8, 4) is 0 Å². The standard InChI is InChI=1S/C10H10ClN5O4/c1-10(2,3)20-9(17)15-4-12-5-6(11)13-8(16(18)19)14-7(5)15/h4H,1-3H3. The number of imidazole rings is 1. The molecule has 20 heavy (non-hydrogen) atoms. The Labute approximate surface area is 117 Å². The van der Waals surface area contributed by atoms with Gasteiger partial charge in [0.2, 0.25) is 5.15 Å². The van der Waals surface area contributed by atoms with Crippen LogP contribution in [0, 0.1) is 10.1 Å². The van der Waals surface area contributed by atoms with Gasteiger partial charge in [-0.1, -0.05) is 4.98 Å². The first-order valence-electron chi connectivity index (χ1n) is 5.47. The van der Waals surface area contributed by atoms with Gasteiger partial charge in [-0.2, -0.15) is 0 Å². The number of halogens is 1. The summed E-state index contributed by atoms with van der Waals surface area (Å²) in [5, 5.41) is 10.5. The molecule has 2 heterocycles. The molecule has 2 aromatic heterocycles. The van der Waals surface area contributed by atoms with E-state index in [1.165, 1.54) is 0 Å². The molecule has 0 aliphatic rings. The zero-order chi connectivity index (χ0) is 15.1. The lowest BCUT2D eigenvalue weighted by atomic mass is 10.2. The summed E-state index contributed by atoms with van der Waals surface area (Å²) in [7, 11) is 0. The molecule has 0 radical (unpaired) electrons. The number of nitro groups is 1. The van der Waals surface area contributed by atoms with Crippen LogP contribution in [-0.2, 0) is 4.74 Å². The molecular formula is C10H10ClN5O4. The van der Waals surface area contributed by atoms with E-state index in [-0.39, 0.29) is 16.3 Å². The largest absolute Gasteiger partial charge is 0.472 e. The van der Waals surface area contributed by atoms with Crippen LogP contribution < -0.4 is 0 Å². The lowest BCUT2D eigenvalue weighted by Gasteiger charge is -2.18. The molecule has 9 nitrogen and oxygen atoms in total. The number of carbonyl (C=O) groups is 1. The van der Waals surface area contributed by atoms with Crippen molar-refractivity contribution in [3.63, 3.8) is 0 Å². The van der Waals surface area contributed by atoms with E-state index in [9.17, 15) is 14.9 Å². The van der Waals surface area contributed by atoms with E-state index >= 15 is 0 Å². The minimum atomic E-state index is -0.808. The van der Waals surface area contributed by atoms with Crippen molar-refractivity contribution < 1.29 is 14.5 Å². The molecule has 0 aromatic carbocycles. The zero-order valence-electron chi connectivity index (χ0n) is 10.8. The molecule has 0 amide bonds. The molecule has 0 atom stereocenters. The summed E-state index contributed by atoms with van der Waals surface area (Å²) < 4.78 is 6.09. The predicted octanol–water partition coefficient (Wildman–Crippen LogP) is 2.17. The first-order chi connectivity index (χ1) is 9.19. The third-order valence-electron chi connectivity index (χ3n) is 2.10. The second-order valence-corrected chi connectivity index (χ2v) is 5.20. The van der Waals surface area contributed by atoms with E-state index in [1.54, 1.807) is 20.8 Å². The van der Waals surface area contributed by atoms with Gasteiger partial charge in [0.1, 0.15) is 11.9 Å². The van der Waals surface area contributed by atoms with Gasteiger partial charge in [-0.3, -0.25) is 0 Å². The zero-order valence-corrected chi connectivity index (χ0v) is 11.6. The van der Waals surface area contributed by atoms with Crippen molar-refractivity contribution in [1.29, 1.82) is 0 Å². The summed E-state index contributed by atoms with van der Waals surface area (Å²) in [6, 6.07) is 0. The Balaban J connectivity index is 2.55. The molecule has 0 saturated carbocycles. The molecule has 2 rings (SSSR count). The van der Waals surface area contributed by atoms with Crippen molar-refractivity contribution in [2.45, 2.75) is 26.4 Å². The summed E-state index contributed by atoms with van der Waals surface area (Å²) in [5.41, 5.74) is -0.717. The van der Waals surface area contributed by atoms with Gasteiger partial charge in [-0.25, -0.2) is 14.3 Å². The van der Waals surface area contributed by atoms with E-state index in [1.807, 2.05) is 0 Å². The summed E-state index contributed by atoms with van der Waals surface area (Å²) in [4.78, 5) is 32.8. The van der Waals surface area contributed by atoms with Gasteiger partial charge in [-0.05, 0) is 42.3 Å². The molecule has 0 fully saturated rings. The summed E-state index contributed by atoms with van der Waals surface area (Å²) in [6.45, 7) is 5.07. The van der Waals surface area contributed by atoms with Gasteiger partial charge in [0.05, 0.1) is 0 Å².